The molecule has 88 valence electrons. The van der Waals surface area contributed by atoms with E-state index in [4.69, 9.17) is 4.74 Å². The van der Waals surface area contributed by atoms with Gasteiger partial charge in [-0.3, -0.25) is 0 Å². The smallest absolute Gasteiger partial charge is 0.341 e. The molecule has 6 heteroatoms. The zero-order chi connectivity index (χ0) is 12.4. The number of benzene rings is 1. The Bertz CT molecular complexity index is 549. The number of carbonyl (C=O) groups is 1. The number of aryl methyl sites for hydroxylation is 1. The minimum atomic E-state index is -1.07. The van der Waals surface area contributed by atoms with Crippen LogP contribution in [0.4, 0.5) is 0 Å². The molecule has 0 saturated carbocycles. The summed E-state index contributed by atoms with van der Waals surface area (Å²) in [7, 11) is 1.44. The fraction of sp³-hybridized carbons (Fsp3) is 0.182. The first-order valence-corrected chi connectivity index (χ1v) is 4.92. The third-order valence-corrected chi connectivity index (χ3v) is 2.38. The van der Waals surface area contributed by atoms with Crippen LogP contribution in [0.25, 0.3) is 5.69 Å². The summed E-state index contributed by atoms with van der Waals surface area (Å²) in [6, 6.07) is 3.42. The van der Waals surface area contributed by atoms with E-state index in [0.717, 1.165) is 5.56 Å². The van der Waals surface area contributed by atoms with Crippen LogP contribution in [0.3, 0.4) is 0 Å². The van der Waals surface area contributed by atoms with Gasteiger partial charge in [-0.15, -0.1) is 0 Å². The van der Waals surface area contributed by atoms with E-state index in [-0.39, 0.29) is 5.56 Å². The SMILES string of the molecule is COc1c(C)ccc(-n2nccn2)c1C(=O)O. The number of carboxylic acids is 1. The van der Waals surface area contributed by atoms with Crippen molar-refractivity contribution in [1.82, 2.24) is 15.0 Å². The van der Waals surface area contributed by atoms with Gasteiger partial charge in [-0.05, 0) is 18.6 Å². The minimum absolute atomic E-state index is 0.0590. The molecule has 0 radical (unpaired) electrons. The van der Waals surface area contributed by atoms with Crippen LogP contribution in [0.2, 0.25) is 0 Å². The first kappa shape index (κ1) is 11.1. The highest BCUT2D eigenvalue weighted by Gasteiger charge is 2.20. The lowest BCUT2D eigenvalue weighted by Gasteiger charge is -2.12. The van der Waals surface area contributed by atoms with Crippen LogP contribution >= 0.6 is 0 Å². The Morgan fingerprint density at radius 2 is 2.00 bits per heavy atom. The number of methoxy groups -OCH3 is 1. The Labute approximate surface area is 97.4 Å². The van der Waals surface area contributed by atoms with E-state index in [1.165, 1.54) is 24.3 Å². The third kappa shape index (κ3) is 1.84. The molecule has 6 nitrogen and oxygen atoms in total. The van der Waals surface area contributed by atoms with E-state index in [0.29, 0.717) is 11.4 Å². The Morgan fingerprint density at radius 1 is 1.35 bits per heavy atom. The lowest BCUT2D eigenvalue weighted by molar-refractivity contribution is 0.0693. The molecule has 0 aliphatic rings. The quantitative estimate of drug-likeness (QED) is 0.864. The number of hydrogen-bond acceptors (Lipinski definition) is 4. The summed E-state index contributed by atoms with van der Waals surface area (Å²) in [5, 5.41) is 17.1. The first-order valence-electron chi connectivity index (χ1n) is 4.92. The molecule has 1 N–H and O–H groups in total. The van der Waals surface area contributed by atoms with Crippen molar-refractivity contribution in [2.75, 3.05) is 7.11 Å². The molecule has 0 saturated heterocycles. The van der Waals surface area contributed by atoms with Gasteiger partial charge in [0.05, 0.1) is 19.5 Å². The summed E-state index contributed by atoms with van der Waals surface area (Å²) in [5.74, 6) is -0.745. The second-order valence-corrected chi connectivity index (χ2v) is 3.43. The van der Waals surface area contributed by atoms with Crippen LogP contribution in [0.5, 0.6) is 5.75 Å². The van der Waals surface area contributed by atoms with Crippen molar-refractivity contribution in [3.05, 3.63) is 35.7 Å². The highest BCUT2D eigenvalue weighted by atomic mass is 16.5. The molecule has 0 spiro atoms. The van der Waals surface area contributed by atoms with E-state index in [1.807, 2.05) is 0 Å². The Balaban J connectivity index is 2.72. The van der Waals surface area contributed by atoms with Crippen LogP contribution in [0.1, 0.15) is 15.9 Å². The minimum Gasteiger partial charge on any atom is -0.495 e. The predicted molar refractivity (Wildman–Crippen MR) is 59.6 cm³/mol. The van der Waals surface area contributed by atoms with E-state index in [1.54, 1.807) is 19.1 Å². The van der Waals surface area contributed by atoms with Crippen molar-refractivity contribution in [3.63, 3.8) is 0 Å². The molecule has 0 amide bonds. The zero-order valence-corrected chi connectivity index (χ0v) is 9.41. The fourth-order valence-corrected chi connectivity index (χ4v) is 1.65. The van der Waals surface area contributed by atoms with Gasteiger partial charge in [0.1, 0.15) is 17.0 Å². The highest BCUT2D eigenvalue weighted by molar-refractivity contribution is 5.95. The molecule has 17 heavy (non-hydrogen) atoms. The van der Waals surface area contributed by atoms with Crippen molar-refractivity contribution >= 4 is 5.97 Å². The van der Waals surface area contributed by atoms with E-state index < -0.39 is 5.97 Å². The van der Waals surface area contributed by atoms with Gasteiger partial charge in [0, 0.05) is 0 Å². The molecular weight excluding hydrogens is 222 g/mol. The number of aromatic carboxylic acids is 1. The molecule has 0 bridgehead atoms. The predicted octanol–water partition coefficient (Wildman–Crippen LogP) is 1.28. The molecule has 2 rings (SSSR count). The monoisotopic (exact) mass is 233 g/mol. The summed E-state index contributed by atoms with van der Waals surface area (Å²) < 4.78 is 5.13. The Hall–Kier alpha value is -2.37. The maximum atomic E-state index is 11.3. The molecule has 0 fully saturated rings. The van der Waals surface area contributed by atoms with E-state index >= 15 is 0 Å². The summed E-state index contributed by atoms with van der Waals surface area (Å²) in [4.78, 5) is 12.6. The molecule has 0 atom stereocenters. The number of rotatable bonds is 3. The topological polar surface area (TPSA) is 77.2 Å². The third-order valence-electron chi connectivity index (χ3n) is 2.38. The van der Waals surface area contributed by atoms with Crippen LogP contribution in [0, 0.1) is 6.92 Å². The molecular formula is C11H11N3O3. The molecule has 0 aliphatic carbocycles. The van der Waals surface area contributed by atoms with Crippen molar-refractivity contribution in [2.24, 2.45) is 0 Å². The van der Waals surface area contributed by atoms with Gasteiger partial charge in [-0.1, -0.05) is 6.07 Å². The lowest BCUT2D eigenvalue weighted by atomic mass is 10.1. The zero-order valence-electron chi connectivity index (χ0n) is 9.41. The van der Waals surface area contributed by atoms with Crippen LogP contribution in [0.15, 0.2) is 24.5 Å². The van der Waals surface area contributed by atoms with Crippen LogP contribution in [-0.2, 0) is 0 Å². The van der Waals surface area contributed by atoms with Gasteiger partial charge >= 0.3 is 5.97 Å². The second kappa shape index (κ2) is 4.25. The van der Waals surface area contributed by atoms with Crippen molar-refractivity contribution in [1.29, 1.82) is 0 Å². The fourth-order valence-electron chi connectivity index (χ4n) is 1.65. The molecule has 0 unspecified atom stereocenters. The van der Waals surface area contributed by atoms with Gasteiger partial charge in [0.2, 0.25) is 0 Å². The average molecular weight is 233 g/mol. The summed E-state index contributed by atoms with van der Waals surface area (Å²) in [6.07, 6.45) is 2.97. The van der Waals surface area contributed by atoms with Gasteiger partial charge in [-0.25, -0.2) is 4.79 Å². The Kier molecular flexibility index (Phi) is 2.78. The summed E-state index contributed by atoms with van der Waals surface area (Å²) in [6.45, 7) is 1.78. The largest absolute Gasteiger partial charge is 0.495 e. The molecule has 2 aromatic rings. The molecule has 0 aliphatic heterocycles. The average Bonchev–Trinajstić information content (AvgIpc) is 2.81. The normalized spacial score (nSPS) is 10.2. The maximum absolute atomic E-state index is 11.3. The highest BCUT2D eigenvalue weighted by Crippen LogP contribution is 2.28. The summed E-state index contributed by atoms with van der Waals surface area (Å²) >= 11 is 0. The van der Waals surface area contributed by atoms with Crippen molar-refractivity contribution in [2.45, 2.75) is 6.92 Å². The maximum Gasteiger partial charge on any atom is 0.341 e. The van der Waals surface area contributed by atoms with Gasteiger partial charge in [0.25, 0.3) is 0 Å². The first-order chi connectivity index (χ1) is 8.15. The number of hydrogen-bond donors (Lipinski definition) is 1. The van der Waals surface area contributed by atoms with E-state index in [2.05, 4.69) is 10.2 Å². The number of nitrogens with zero attached hydrogens (tertiary/aromatic N) is 3. The standard InChI is InChI=1S/C11H11N3O3/c1-7-3-4-8(14-12-5-6-13-14)9(11(15)16)10(7)17-2/h3-6H,1-2H3,(H,15,16). The number of aromatic nitrogens is 3. The van der Waals surface area contributed by atoms with Crippen LogP contribution in [-0.4, -0.2) is 33.2 Å². The van der Waals surface area contributed by atoms with Crippen molar-refractivity contribution < 1.29 is 14.6 Å². The molecule has 1 aromatic heterocycles. The second-order valence-electron chi connectivity index (χ2n) is 3.43. The van der Waals surface area contributed by atoms with Gasteiger partial charge in [-0.2, -0.15) is 15.0 Å². The van der Waals surface area contributed by atoms with Crippen molar-refractivity contribution in [3.8, 4) is 11.4 Å². The molecule has 1 aromatic carbocycles. The van der Waals surface area contributed by atoms with Gasteiger partial charge in [0.15, 0.2) is 0 Å². The van der Waals surface area contributed by atoms with Crippen LogP contribution < -0.4 is 4.74 Å². The summed E-state index contributed by atoms with van der Waals surface area (Å²) in [5.41, 5.74) is 1.19. The lowest BCUT2D eigenvalue weighted by Crippen LogP contribution is -2.10. The molecule has 1 heterocycles. The number of ether oxygens (including phenoxy) is 1. The van der Waals surface area contributed by atoms with Gasteiger partial charge < -0.3 is 9.84 Å². The number of carboxylic acid groups (broad SMARTS) is 1. The van der Waals surface area contributed by atoms with E-state index in [9.17, 15) is 9.90 Å². The Morgan fingerprint density at radius 3 is 2.53 bits per heavy atom.